The number of carbonyl (C=O) groups is 1. The Labute approximate surface area is 154 Å². The van der Waals surface area contributed by atoms with Gasteiger partial charge in [-0.15, -0.1) is 0 Å². The van der Waals surface area contributed by atoms with Crippen LogP contribution in [0.1, 0.15) is 42.5 Å². The lowest BCUT2D eigenvalue weighted by Crippen LogP contribution is -2.30. The van der Waals surface area contributed by atoms with Crippen LogP contribution in [0.3, 0.4) is 0 Å². The molecule has 0 fully saturated rings. The Hall–Kier alpha value is -2.01. The second-order valence-corrected chi connectivity index (χ2v) is 7.17. The minimum atomic E-state index is -0.182. The van der Waals surface area contributed by atoms with Gasteiger partial charge in [-0.05, 0) is 57.9 Å². The van der Waals surface area contributed by atoms with E-state index in [9.17, 15) is 4.79 Å². The Kier molecular flexibility index (Phi) is 6.48. The van der Waals surface area contributed by atoms with E-state index in [2.05, 4.69) is 17.3 Å². The molecule has 0 aliphatic heterocycles. The van der Waals surface area contributed by atoms with Crippen LogP contribution in [0.4, 0.5) is 0 Å². The Morgan fingerprint density at radius 3 is 2.60 bits per heavy atom. The summed E-state index contributed by atoms with van der Waals surface area (Å²) < 4.78 is 7.68. The van der Waals surface area contributed by atoms with Crippen LogP contribution in [0.15, 0.2) is 24.3 Å². The number of aryl methyl sites for hydroxylation is 2. The molecule has 136 valence electrons. The van der Waals surface area contributed by atoms with E-state index in [-0.39, 0.29) is 17.9 Å². The molecule has 1 aromatic carbocycles. The van der Waals surface area contributed by atoms with Crippen molar-refractivity contribution < 1.29 is 9.53 Å². The van der Waals surface area contributed by atoms with E-state index in [4.69, 9.17) is 16.3 Å². The molecule has 5 nitrogen and oxygen atoms in total. The topological polar surface area (TPSA) is 56.2 Å². The number of nitrogens with one attached hydrogen (secondary N) is 1. The first-order valence-corrected chi connectivity index (χ1v) is 8.89. The van der Waals surface area contributed by atoms with Crippen molar-refractivity contribution in [2.75, 3.05) is 6.54 Å². The maximum absolute atomic E-state index is 12.6. The highest BCUT2D eigenvalue weighted by atomic mass is 35.5. The highest BCUT2D eigenvalue weighted by Gasteiger charge is 2.16. The number of carbonyl (C=O) groups excluding carboxylic acids is 1. The van der Waals surface area contributed by atoms with E-state index in [1.54, 1.807) is 18.2 Å². The van der Waals surface area contributed by atoms with E-state index < -0.39 is 0 Å². The van der Waals surface area contributed by atoms with Crippen molar-refractivity contribution in [2.24, 2.45) is 5.92 Å². The molecule has 1 N–H and O–H groups in total. The molecule has 1 aromatic heterocycles. The van der Waals surface area contributed by atoms with E-state index in [1.165, 1.54) is 0 Å². The van der Waals surface area contributed by atoms with Gasteiger partial charge in [0.05, 0.1) is 17.4 Å². The van der Waals surface area contributed by atoms with E-state index in [1.807, 2.05) is 38.4 Å². The van der Waals surface area contributed by atoms with Gasteiger partial charge in [0.2, 0.25) is 0 Å². The Morgan fingerprint density at radius 1 is 1.28 bits per heavy atom. The van der Waals surface area contributed by atoms with Gasteiger partial charge in [0.15, 0.2) is 0 Å². The van der Waals surface area contributed by atoms with Crippen molar-refractivity contribution in [3.05, 3.63) is 46.2 Å². The third-order valence-electron chi connectivity index (χ3n) is 3.75. The molecule has 1 heterocycles. The number of amides is 1. The maximum atomic E-state index is 12.6. The lowest BCUT2D eigenvalue weighted by molar-refractivity contribution is 0.0940. The van der Waals surface area contributed by atoms with Gasteiger partial charge >= 0.3 is 0 Å². The summed E-state index contributed by atoms with van der Waals surface area (Å²) in [5.74, 6) is 0.608. The fraction of sp³-hybridized carbons (Fsp3) is 0.474. The van der Waals surface area contributed by atoms with Crippen LogP contribution >= 0.6 is 11.6 Å². The largest absolute Gasteiger partial charge is 0.490 e. The van der Waals surface area contributed by atoms with Crippen molar-refractivity contribution in [3.8, 4) is 5.75 Å². The molecule has 0 spiro atoms. The summed E-state index contributed by atoms with van der Waals surface area (Å²) in [4.78, 5) is 12.6. The monoisotopic (exact) mass is 363 g/mol. The van der Waals surface area contributed by atoms with Gasteiger partial charge in [0, 0.05) is 23.8 Å². The fourth-order valence-electron chi connectivity index (χ4n) is 2.62. The van der Waals surface area contributed by atoms with Gasteiger partial charge in [-0.1, -0.05) is 18.5 Å². The first-order valence-electron chi connectivity index (χ1n) is 8.51. The summed E-state index contributed by atoms with van der Waals surface area (Å²) in [6, 6.07) is 7.14. The number of benzene rings is 1. The first-order chi connectivity index (χ1) is 11.8. The quantitative estimate of drug-likeness (QED) is 0.808. The average Bonchev–Trinajstić information content (AvgIpc) is 2.83. The number of ether oxygens (including phenoxy) is 1. The molecular weight excluding hydrogens is 338 g/mol. The van der Waals surface area contributed by atoms with E-state index in [0.717, 1.165) is 17.9 Å². The van der Waals surface area contributed by atoms with Crippen LogP contribution in [0.5, 0.6) is 5.75 Å². The molecule has 0 aliphatic carbocycles. The fourth-order valence-corrected chi connectivity index (χ4v) is 2.79. The minimum Gasteiger partial charge on any atom is -0.490 e. The van der Waals surface area contributed by atoms with E-state index in [0.29, 0.717) is 22.9 Å². The number of aromatic nitrogens is 2. The van der Waals surface area contributed by atoms with Crippen LogP contribution < -0.4 is 10.1 Å². The Bertz CT molecular complexity index is 740. The van der Waals surface area contributed by atoms with Crippen LogP contribution in [-0.4, -0.2) is 28.3 Å². The Morgan fingerprint density at radius 2 is 2.00 bits per heavy atom. The van der Waals surface area contributed by atoms with Gasteiger partial charge < -0.3 is 10.1 Å². The van der Waals surface area contributed by atoms with Gasteiger partial charge in [0.25, 0.3) is 5.91 Å². The van der Waals surface area contributed by atoms with Crippen LogP contribution in [0.25, 0.3) is 0 Å². The molecule has 25 heavy (non-hydrogen) atoms. The summed E-state index contributed by atoms with van der Waals surface area (Å²) in [6.07, 6.45) is -0.0160. The third-order valence-corrected chi connectivity index (χ3v) is 3.98. The molecule has 1 amide bonds. The van der Waals surface area contributed by atoms with Crippen LogP contribution in [0.2, 0.25) is 5.02 Å². The summed E-state index contributed by atoms with van der Waals surface area (Å²) >= 11 is 6.04. The maximum Gasteiger partial charge on any atom is 0.255 e. The molecule has 1 atom stereocenters. The second-order valence-electron chi connectivity index (χ2n) is 6.73. The highest BCUT2D eigenvalue weighted by Crippen LogP contribution is 2.24. The van der Waals surface area contributed by atoms with Crippen molar-refractivity contribution in [1.29, 1.82) is 0 Å². The lowest BCUT2D eigenvalue weighted by Gasteiger charge is -2.17. The summed E-state index contributed by atoms with van der Waals surface area (Å²) in [5.41, 5.74) is 2.58. The number of hydrogen-bond acceptors (Lipinski definition) is 3. The molecule has 0 saturated heterocycles. The normalized spacial score (nSPS) is 12.3. The molecule has 2 aromatic rings. The van der Waals surface area contributed by atoms with Crippen molar-refractivity contribution >= 4 is 17.5 Å². The number of rotatable bonds is 7. The molecule has 0 bridgehead atoms. The predicted molar refractivity (Wildman–Crippen MR) is 100 cm³/mol. The molecule has 6 heteroatoms. The zero-order chi connectivity index (χ0) is 18.6. The van der Waals surface area contributed by atoms with Gasteiger partial charge in [0.1, 0.15) is 5.75 Å². The van der Waals surface area contributed by atoms with Crippen molar-refractivity contribution in [1.82, 2.24) is 15.1 Å². The average molecular weight is 364 g/mol. The molecular formula is C19H26ClN3O2. The standard InChI is InChI=1S/C19H26ClN3O2/c1-12(2)25-18-7-6-16(20)9-17(18)19(24)21-10-13(3)11-23-15(5)8-14(4)22-23/h6-9,12-13H,10-11H2,1-5H3,(H,21,24). The first kappa shape index (κ1) is 19.3. The van der Waals surface area contributed by atoms with Gasteiger partial charge in [-0.25, -0.2) is 0 Å². The van der Waals surface area contributed by atoms with Gasteiger partial charge in [-0.3, -0.25) is 9.48 Å². The number of hydrogen-bond donors (Lipinski definition) is 1. The summed E-state index contributed by atoms with van der Waals surface area (Å²) in [5, 5.41) is 7.94. The Balaban J connectivity index is 2.00. The zero-order valence-corrected chi connectivity index (χ0v) is 16.2. The van der Waals surface area contributed by atoms with Gasteiger partial charge in [-0.2, -0.15) is 5.10 Å². The molecule has 0 saturated carbocycles. The zero-order valence-electron chi connectivity index (χ0n) is 15.5. The minimum absolute atomic E-state index is 0.0160. The summed E-state index contributed by atoms with van der Waals surface area (Å²) in [7, 11) is 0. The van der Waals surface area contributed by atoms with Crippen molar-refractivity contribution in [3.63, 3.8) is 0 Å². The number of halogens is 1. The molecule has 0 aliphatic rings. The second kappa shape index (κ2) is 8.39. The van der Waals surface area contributed by atoms with Crippen LogP contribution in [-0.2, 0) is 6.54 Å². The summed E-state index contributed by atoms with van der Waals surface area (Å²) in [6.45, 7) is 11.2. The lowest BCUT2D eigenvalue weighted by atomic mass is 10.1. The number of nitrogens with zero attached hydrogens (tertiary/aromatic N) is 2. The van der Waals surface area contributed by atoms with Crippen LogP contribution in [0, 0.1) is 19.8 Å². The molecule has 1 unspecified atom stereocenters. The predicted octanol–water partition coefficient (Wildman–Crippen LogP) is 4.01. The van der Waals surface area contributed by atoms with Crippen molar-refractivity contribution in [2.45, 2.75) is 47.3 Å². The third kappa shape index (κ3) is 5.49. The molecule has 2 rings (SSSR count). The SMILES string of the molecule is Cc1cc(C)n(CC(C)CNC(=O)c2cc(Cl)ccc2OC(C)C)n1. The van der Waals surface area contributed by atoms with E-state index >= 15 is 0 Å². The highest BCUT2D eigenvalue weighted by molar-refractivity contribution is 6.31. The smallest absolute Gasteiger partial charge is 0.255 e. The molecule has 0 radical (unpaired) electrons.